The molecule has 10 heavy (non-hydrogen) atoms. The van der Waals surface area contributed by atoms with E-state index in [2.05, 4.69) is 15.0 Å². The number of rotatable bonds is 1. The van der Waals surface area contributed by atoms with Crippen molar-refractivity contribution in [1.29, 1.82) is 0 Å². The topological polar surface area (TPSA) is 90.7 Å². The molecule has 0 spiro atoms. The molecule has 0 saturated heterocycles. The number of hydrogen-bond donors (Lipinski definition) is 2. The Morgan fingerprint density at radius 1 is 1.10 bits per heavy atom. The summed E-state index contributed by atoms with van der Waals surface area (Å²) in [6.07, 6.45) is 0. The van der Waals surface area contributed by atoms with E-state index in [9.17, 15) is 0 Å². The minimum absolute atomic E-state index is 0.153. The summed E-state index contributed by atoms with van der Waals surface area (Å²) in [6, 6.07) is 0. The predicted molar refractivity (Wildman–Crippen MR) is 39.9 cm³/mol. The summed E-state index contributed by atoms with van der Waals surface area (Å²) in [6.45, 7) is 1.80. The van der Waals surface area contributed by atoms with Crippen LogP contribution >= 0.6 is 0 Å². The van der Waals surface area contributed by atoms with Gasteiger partial charge in [-0.1, -0.05) is 6.82 Å². The van der Waals surface area contributed by atoms with Crippen molar-refractivity contribution >= 4 is 24.9 Å². The van der Waals surface area contributed by atoms with E-state index in [4.69, 9.17) is 11.5 Å². The molecule has 0 unspecified atom stereocenters. The lowest BCUT2D eigenvalue weighted by atomic mass is 9.82. The fourth-order valence-corrected chi connectivity index (χ4v) is 0.556. The van der Waals surface area contributed by atoms with Crippen molar-refractivity contribution in [2.24, 2.45) is 0 Å². The van der Waals surface area contributed by atoms with Crippen molar-refractivity contribution in [1.82, 2.24) is 15.0 Å². The van der Waals surface area contributed by atoms with E-state index in [1.165, 1.54) is 0 Å². The van der Waals surface area contributed by atoms with Gasteiger partial charge in [0.15, 0.2) is 0 Å². The highest BCUT2D eigenvalue weighted by Crippen LogP contribution is 1.88. The number of nitrogens with two attached hydrogens (primary N) is 2. The normalized spacial score (nSPS) is 9.30. The quantitative estimate of drug-likeness (QED) is 0.454. The van der Waals surface area contributed by atoms with Gasteiger partial charge in [-0.05, 0) is 0 Å². The molecule has 1 aromatic rings. The molecule has 4 N–H and O–H groups in total. The molecule has 0 aliphatic heterocycles. The van der Waals surface area contributed by atoms with Crippen LogP contribution in [-0.4, -0.2) is 22.2 Å². The third kappa shape index (κ3) is 1.34. The summed E-state index contributed by atoms with van der Waals surface area (Å²) in [4.78, 5) is 11.1. The molecule has 1 heterocycles. The summed E-state index contributed by atoms with van der Waals surface area (Å²) in [5.74, 6) is 0.307. The second kappa shape index (κ2) is 2.51. The molecule has 1 rings (SSSR count). The van der Waals surface area contributed by atoms with Crippen LogP contribution in [-0.2, 0) is 0 Å². The lowest BCUT2D eigenvalue weighted by Gasteiger charge is -1.96. The minimum Gasteiger partial charge on any atom is -0.368 e. The van der Waals surface area contributed by atoms with Gasteiger partial charge in [0, 0.05) is 0 Å². The van der Waals surface area contributed by atoms with Crippen LogP contribution < -0.4 is 17.2 Å². The molecule has 51 valence electrons. The largest absolute Gasteiger partial charge is 0.368 e. The van der Waals surface area contributed by atoms with E-state index < -0.39 is 0 Å². The Kier molecular flexibility index (Phi) is 1.70. The van der Waals surface area contributed by atoms with Crippen LogP contribution in [0.2, 0.25) is 6.82 Å². The van der Waals surface area contributed by atoms with Gasteiger partial charge < -0.3 is 11.5 Å². The Bertz CT molecular complexity index is 217. The smallest absolute Gasteiger partial charge is 0.224 e. The Morgan fingerprint density at radius 2 is 1.60 bits per heavy atom. The zero-order chi connectivity index (χ0) is 7.56. The first kappa shape index (κ1) is 6.79. The lowest BCUT2D eigenvalue weighted by Crippen LogP contribution is -2.23. The second-order valence-electron chi connectivity index (χ2n) is 1.70. The summed E-state index contributed by atoms with van der Waals surface area (Å²) in [5, 5.41) is 0. The Labute approximate surface area is 59.1 Å². The van der Waals surface area contributed by atoms with Crippen molar-refractivity contribution in [2.45, 2.75) is 6.82 Å². The number of nitrogens with zero attached hydrogens (tertiary/aromatic N) is 3. The standard InChI is InChI=1S/C4H7BN5/c1-5-2-8-3(6)10-4(7)9-2/h1H3,(H4,6,7,8,9,10). The van der Waals surface area contributed by atoms with Crippen LogP contribution in [0.4, 0.5) is 11.9 Å². The Balaban J connectivity index is 3.06. The molecule has 0 bridgehead atoms. The van der Waals surface area contributed by atoms with Gasteiger partial charge in [-0.25, -0.2) is 9.97 Å². The Hall–Kier alpha value is -1.33. The number of aromatic nitrogens is 3. The summed E-state index contributed by atoms with van der Waals surface area (Å²) in [5.41, 5.74) is 11.1. The second-order valence-corrected chi connectivity index (χ2v) is 1.70. The molecular weight excluding hydrogens is 129 g/mol. The van der Waals surface area contributed by atoms with E-state index in [1.54, 1.807) is 14.1 Å². The Morgan fingerprint density at radius 3 is 2.00 bits per heavy atom. The molecule has 0 aliphatic rings. The van der Waals surface area contributed by atoms with Gasteiger partial charge in [0.05, 0.1) is 5.72 Å². The zero-order valence-corrected chi connectivity index (χ0v) is 5.57. The van der Waals surface area contributed by atoms with Gasteiger partial charge in [0.1, 0.15) is 0 Å². The van der Waals surface area contributed by atoms with Gasteiger partial charge in [-0.15, -0.1) is 0 Å². The maximum absolute atomic E-state index is 5.27. The molecule has 0 fully saturated rings. The van der Waals surface area contributed by atoms with Crippen molar-refractivity contribution in [3.8, 4) is 0 Å². The average molecular weight is 136 g/mol. The maximum atomic E-state index is 5.27. The van der Waals surface area contributed by atoms with Crippen molar-refractivity contribution in [3.05, 3.63) is 0 Å². The molecule has 0 saturated carbocycles. The van der Waals surface area contributed by atoms with Crippen LogP contribution in [0.5, 0.6) is 0 Å². The van der Waals surface area contributed by atoms with E-state index in [0.717, 1.165) is 0 Å². The molecule has 5 nitrogen and oxygen atoms in total. The molecular formula is C4H7BN5. The first-order valence-corrected chi connectivity index (χ1v) is 2.79. The van der Waals surface area contributed by atoms with E-state index in [1.807, 2.05) is 0 Å². The molecule has 0 amide bonds. The highest BCUT2D eigenvalue weighted by Gasteiger charge is 1.97. The molecule has 0 aromatic carbocycles. The zero-order valence-electron chi connectivity index (χ0n) is 5.57. The van der Waals surface area contributed by atoms with Crippen LogP contribution in [0.25, 0.3) is 0 Å². The van der Waals surface area contributed by atoms with Gasteiger partial charge >= 0.3 is 0 Å². The van der Waals surface area contributed by atoms with Crippen molar-refractivity contribution in [2.75, 3.05) is 11.5 Å². The van der Waals surface area contributed by atoms with Crippen molar-refractivity contribution < 1.29 is 0 Å². The third-order valence-electron chi connectivity index (χ3n) is 0.945. The van der Waals surface area contributed by atoms with Crippen LogP contribution in [0.15, 0.2) is 0 Å². The van der Waals surface area contributed by atoms with Crippen LogP contribution in [0, 0.1) is 0 Å². The van der Waals surface area contributed by atoms with Gasteiger partial charge in [-0.2, -0.15) is 4.98 Å². The number of anilines is 2. The monoisotopic (exact) mass is 136 g/mol. The molecule has 0 aliphatic carbocycles. The van der Waals surface area contributed by atoms with Crippen molar-refractivity contribution in [3.63, 3.8) is 0 Å². The molecule has 1 aromatic heterocycles. The fraction of sp³-hybridized carbons (Fsp3) is 0.250. The minimum atomic E-state index is 0.153. The number of nitrogen functional groups attached to an aromatic ring is 2. The summed E-state index contributed by atoms with van der Waals surface area (Å²) < 4.78 is 0. The first-order valence-electron chi connectivity index (χ1n) is 2.79. The van der Waals surface area contributed by atoms with Gasteiger partial charge in [-0.3, -0.25) is 0 Å². The highest BCUT2D eigenvalue weighted by molar-refractivity contribution is 6.49. The van der Waals surface area contributed by atoms with E-state index in [-0.39, 0.29) is 11.9 Å². The SMILES string of the molecule is C[B]c1nc(N)nc(N)n1. The predicted octanol–water partition coefficient (Wildman–Crippen LogP) is -1.59. The van der Waals surface area contributed by atoms with Gasteiger partial charge in [0.2, 0.25) is 19.2 Å². The van der Waals surface area contributed by atoms with E-state index >= 15 is 0 Å². The fourth-order valence-electron chi connectivity index (χ4n) is 0.556. The van der Waals surface area contributed by atoms with Crippen LogP contribution in [0.3, 0.4) is 0 Å². The maximum Gasteiger partial charge on any atom is 0.224 e. The molecule has 6 heteroatoms. The summed E-state index contributed by atoms with van der Waals surface area (Å²) in [7, 11) is 1.70. The molecule has 1 radical (unpaired) electrons. The highest BCUT2D eigenvalue weighted by atomic mass is 15.1. The molecule has 0 atom stereocenters. The van der Waals surface area contributed by atoms with Gasteiger partial charge in [0.25, 0.3) is 0 Å². The lowest BCUT2D eigenvalue weighted by molar-refractivity contribution is 1.12. The summed E-state index contributed by atoms with van der Waals surface area (Å²) >= 11 is 0. The van der Waals surface area contributed by atoms with Crippen LogP contribution in [0.1, 0.15) is 0 Å². The number of hydrogen-bond acceptors (Lipinski definition) is 5. The first-order chi connectivity index (χ1) is 4.72. The third-order valence-corrected chi connectivity index (χ3v) is 0.945. The average Bonchev–Trinajstić information content (AvgIpc) is 1.85. The van der Waals surface area contributed by atoms with E-state index in [0.29, 0.717) is 5.72 Å².